The average molecular weight is 391 g/mol. The van der Waals surface area contributed by atoms with E-state index >= 15 is 0 Å². The first-order valence-electron chi connectivity index (χ1n) is 7.46. The molecule has 27 heavy (non-hydrogen) atoms. The van der Waals surface area contributed by atoms with Crippen LogP contribution >= 0.6 is 11.8 Å². The van der Waals surface area contributed by atoms with Crippen LogP contribution < -0.4 is 16.8 Å². The molecule has 0 bridgehead atoms. The van der Waals surface area contributed by atoms with Gasteiger partial charge in [0.1, 0.15) is 11.6 Å². The van der Waals surface area contributed by atoms with Gasteiger partial charge >= 0.3 is 11.9 Å². The minimum Gasteiger partial charge on any atom is -0.465 e. The van der Waals surface area contributed by atoms with E-state index < -0.39 is 17.8 Å². The number of benzene rings is 1. The Morgan fingerprint density at radius 1 is 0.963 bits per heavy atom. The summed E-state index contributed by atoms with van der Waals surface area (Å²) >= 11 is 1.03. The average Bonchev–Trinajstić information content (AvgIpc) is 2.64. The maximum Gasteiger partial charge on any atom is 0.337 e. The van der Waals surface area contributed by atoms with Crippen LogP contribution in [0, 0.1) is 0 Å². The van der Waals surface area contributed by atoms with Crippen LogP contribution in [0.15, 0.2) is 29.4 Å². The normalized spacial score (nSPS) is 10.1. The third-order valence-electron chi connectivity index (χ3n) is 3.14. The molecule has 1 aromatic carbocycles. The van der Waals surface area contributed by atoms with Crippen LogP contribution in [0.1, 0.15) is 20.7 Å². The molecule has 10 nitrogen and oxygen atoms in total. The molecule has 0 aliphatic carbocycles. The molecule has 0 aliphatic rings. The summed E-state index contributed by atoms with van der Waals surface area (Å²) in [6.07, 6.45) is 0. The van der Waals surface area contributed by atoms with Crippen LogP contribution in [-0.4, -0.2) is 47.8 Å². The fourth-order valence-corrected chi connectivity index (χ4v) is 2.70. The number of hydrogen-bond donors (Lipinski definition) is 3. The molecule has 2 rings (SSSR count). The number of methoxy groups -OCH3 is 2. The fraction of sp³-hybridized carbons (Fsp3) is 0.188. The van der Waals surface area contributed by atoms with E-state index in [1.54, 1.807) is 0 Å². The lowest BCUT2D eigenvalue weighted by molar-refractivity contribution is -0.113. The number of hydrogen-bond acceptors (Lipinski definition) is 10. The molecule has 1 amide bonds. The smallest absolute Gasteiger partial charge is 0.337 e. The molecule has 11 heteroatoms. The van der Waals surface area contributed by atoms with E-state index in [1.165, 1.54) is 38.5 Å². The molecule has 0 aliphatic heterocycles. The van der Waals surface area contributed by atoms with Gasteiger partial charge in [0.05, 0.1) is 31.1 Å². The number of esters is 2. The third kappa shape index (κ3) is 5.57. The van der Waals surface area contributed by atoms with E-state index in [2.05, 4.69) is 24.8 Å². The van der Waals surface area contributed by atoms with Crippen molar-refractivity contribution in [3.8, 4) is 0 Å². The highest BCUT2D eigenvalue weighted by Crippen LogP contribution is 2.19. The number of rotatable bonds is 6. The third-order valence-corrected chi connectivity index (χ3v) is 3.98. The summed E-state index contributed by atoms with van der Waals surface area (Å²) in [4.78, 5) is 43.6. The summed E-state index contributed by atoms with van der Waals surface area (Å²) in [5.41, 5.74) is 11.6. The minimum atomic E-state index is -0.658. The summed E-state index contributed by atoms with van der Waals surface area (Å²) in [6, 6.07) is 5.48. The summed E-state index contributed by atoms with van der Waals surface area (Å²) in [5.74, 6) is -1.39. The molecule has 0 saturated carbocycles. The van der Waals surface area contributed by atoms with Crippen molar-refractivity contribution in [2.75, 3.05) is 36.8 Å². The summed E-state index contributed by atoms with van der Waals surface area (Å²) in [6.45, 7) is 0. The van der Waals surface area contributed by atoms with Gasteiger partial charge in [-0.3, -0.25) is 4.79 Å². The zero-order chi connectivity index (χ0) is 20.0. The molecular formula is C16H17N5O5S. The van der Waals surface area contributed by atoms with Crippen LogP contribution in [0.25, 0.3) is 0 Å². The van der Waals surface area contributed by atoms with Crippen LogP contribution in [0.5, 0.6) is 0 Å². The van der Waals surface area contributed by atoms with Gasteiger partial charge in [-0.2, -0.15) is 0 Å². The van der Waals surface area contributed by atoms with E-state index in [0.717, 1.165) is 11.8 Å². The molecule has 0 spiro atoms. The van der Waals surface area contributed by atoms with Crippen LogP contribution in [0.2, 0.25) is 0 Å². The largest absolute Gasteiger partial charge is 0.465 e. The monoisotopic (exact) mass is 391 g/mol. The molecule has 5 N–H and O–H groups in total. The zero-order valence-corrected chi connectivity index (χ0v) is 15.3. The highest BCUT2D eigenvalue weighted by atomic mass is 32.2. The van der Waals surface area contributed by atoms with Gasteiger partial charge in [-0.1, -0.05) is 11.8 Å². The number of thioether (sulfide) groups is 1. The Morgan fingerprint density at radius 2 is 1.48 bits per heavy atom. The second kappa shape index (κ2) is 8.85. The minimum absolute atomic E-state index is 0.0428. The Balaban J connectivity index is 2.13. The van der Waals surface area contributed by atoms with Crippen LogP contribution in [0.4, 0.5) is 17.3 Å². The Kier molecular flexibility index (Phi) is 6.55. The molecule has 0 saturated heterocycles. The predicted molar refractivity (Wildman–Crippen MR) is 99.3 cm³/mol. The second-order valence-corrected chi connectivity index (χ2v) is 6.06. The van der Waals surface area contributed by atoms with Crippen LogP contribution in [0.3, 0.4) is 0 Å². The van der Waals surface area contributed by atoms with Crippen molar-refractivity contribution < 1.29 is 23.9 Å². The molecule has 1 heterocycles. The lowest BCUT2D eigenvalue weighted by atomic mass is 10.1. The van der Waals surface area contributed by atoms with Crippen LogP contribution in [-0.2, 0) is 14.3 Å². The molecule has 1 aromatic heterocycles. The Hall–Kier alpha value is -3.34. The van der Waals surface area contributed by atoms with Gasteiger partial charge in [-0.25, -0.2) is 19.6 Å². The maximum atomic E-state index is 12.2. The van der Waals surface area contributed by atoms with E-state index in [9.17, 15) is 14.4 Å². The number of nitrogens with two attached hydrogens (primary N) is 2. The van der Waals surface area contributed by atoms with Crippen molar-refractivity contribution in [1.82, 2.24) is 9.97 Å². The molecule has 0 fully saturated rings. The Bertz CT molecular complexity index is 835. The highest BCUT2D eigenvalue weighted by molar-refractivity contribution is 7.99. The van der Waals surface area contributed by atoms with Crippen molar-refractivity contribution in [2.45, 2.75) is 5.16 Å². The zero-order valence-electron chi connectivity index (χ0n) is 14.5. The second-order valence-electron chi connectivity index (χ2n) is 5.12. The Morgan fingerprint density at radius 3 is 1.96 bits per heavy atom. The molecule has 0 radical (unpaired) electrons. The summed E-state index contributed by atoms with van der Waals surface area (Å²) in [5, 5.41) is 2.84. The first kappa shape index (κ1) is 20.0. The fourth-order valence-electron chi connectivity index (χ4n) is 2.02. The van der Waals surface area contributed by atoms with Crippen molar-refractivity contribution >= 4 is 46.9 Å². The van der Waals surface area contributed by atoms with Crippen molar-refractivity contribution in [3.63, 3.8) is 0 Å². The number of amides is 1. The number of nitrogens with one attached hydrogen (secondary N) is 1. The Labute approximate surface area is 158 Å². The lowest BCUT2D eigenvalue weighted by Gasteiger charge is -2.09. The van der Waals surface area contributed by atoms with E-state index in [4.69, 9.17) is 11.5 Å². The number of carbonyl (C=O) groups is 3. The number of carbonyl (C=O) groups excluding carboxylic acids is 3. The summed E-state index contributed by atoms with van der Waals surface area (Å²) < 4.78 is 9.29. The first-order chi connectivity index (χ1) is 12.8. The standard InChI is InChI=1S/C16H17N5O5S/c1-25-14(23)8-3-9(15(24)26-2)5-10(4-8)19-13(22)7-27-16-20-11(17)6-12(18)21-16/h3-6H,7H2,1-2H3,(H,19,22)(H4,17,18,20,21). The van der Waals surface area contributed by atoms with E-state index in [-0.39, 0.29) is 39.4 Å². The van der Waals surface area contributed by atoms with Gasteiger partial charge in [-0.05, 0) is 18.2 Å². The van der Waals surface area contributed by atoms with Gasteiger partial charge in [0.25, 0.3) is 0 Å². The van der Waals surface area contributed by atoms with Gasteiger partial charge < -0.3 is 26.3 Å². The molecule has 142 valence electrons. The number of nitrogen functional groups attached to an aromatic ring is 2. The quantitative estimate of drug-likeness (QED) is 0.367. The SMILES string of the molecule is COC(=O)c1cc(NC(=O)CSc2nc(N)cc(N)n2)cc(C(=O)OC)c1. The number of ether oxygens (including phenoxy) is 2. The maximum absolute atomic E-state index is 12.2. The van der Waals surface area contributed by atoms with Crippen molar-refractivity contribution in [3.05, 3.63) is 35.4 Å². The van der Waals surface area contributed by atoms with Crippen molar-refractivity contribution in [2.24, 2.45) is 0 Å². The molecule has 0 unspecified atom stereocenters. The summed E-state index contributed by atoms with van der Waals surface area (Å²) in [7, 11) is 2.42. The topological polar surface area (TPSA) is 160 Å². The number of aromatic nitrogens is 2. The van der Waals surface area contributed by atoms with E-state index in [1.807, 2.05) is 0 Å². The first-order valence-corrected chi connectivity index (χ1v) is 8.45. The number of nitrogens with zero attached hydrogens (tertiary/aromatic N) is 2. The molecule has 2 aromatic rings. The predicted octanol–water partition coefficient (Wildman–Crippen LogP) is 0.945. The number of anilines is 3. The lowest BCUT2D eigenvalue weighted by Crippen LogP contribution is -2.16. The highest BCUT2D eigenvalue weighted by Gasteiger charge is 2.15. The molecular weight excluding hydrogens is 374 g/mol. The van der Waals surface area contributed by atoms with Gasteiger partial charge in [0, 0.05) is 11.8 Å². The van der Waals surface area contributed by atoms with Gasteiger partial charge in [0.15, 0.2) is 5.16 Å². The van der Waals surface area contributed by atoms with Crippen molar-refractivity contribution in [1.29, 1.82) is 0 Å². The molecule has 0 atom stereocenters. The van der Waals surface area contributed by atoms with Gasteiger partial charge in [0.2, 0.25) is 5.91 Å². The van der Waals surface area contributed by atoms with Gasteiger partial charge in [-0.15, -0.1) is 0 Å². The van der Waals surface area contributed by atoms with E-state index in [0.29, 0.717) is 0 Å².